The molecule has 3 aliphatic heterocycles. The maximum atomic E-state index is 6.71. The van der Waals surface area contributed by atoms with E-state index in [0.29, 0.717) is 6.04 Å². The number of fused-ring (bicyclic) bond motifs is 4. The fraction of sp³-hybridized carbons (Fsp3) is 0.458. The molecule has 0 unspecified atom stereocenters. The van der Waals surface area contributed by atoms with E-state index in [0.717, 1.165) is 38.1 Å². The van der Waals surface area contributed by atoms with Crippen LogP contribution in [0.1, 0.15) is 55.8 Å². The highest BCUT2D eigenvalue weighted by molar-refractivity contribution is 6.02. The van der Waals surface area contributed by atoms with Crippen LogP contribution in [0.5, 0.6) is 5.75 Å². The number of ether oxygens (including phenoxy) is 1. The highest BCUT2D eigenvalue weighted by Crippen LogP contribution is 2.49. The van der Waals surface area contributed by atoms with Crippen molar-refractivity contribution in [1.82, 2.24) is 5.01 Å². The van der Waals surface area contributed by atoms with Gasteiger partial charge >= 0.3 is 0 Å². The minimum absolute atomic E-state index is 0.279. The Labute approximate surface area is 167 Å². The molecule has 0 radical (unpaired) electrons. The van der Waals surface area contributed by atoms with Crippen molar-refractivity contribution >= 4 is 5.71 Å². The zero-order valence-electron chi connectivity index (χ0n) is 17.1. The number of nitrogens with one attached hydrogen (secondary N) is 1. The number of hydrazone groups is 1. The summed E-state index contributed by atoms with van der Waals surface area (Å²) >= 11 is 0. The summed E-state index contributed by atoms with van der Waals surface area (Å²) in [5.41, 5.74) is 4.68. The van der Waals surface area contributed by atoms with Crippen LogP contribution in [0.2, 0.25) is 0 Å². The van der Waals surface area contributed by atoms with Crippen LogP contribution in [0.25, 0.3) is 0 Å². The first-order chi connectivity index (χ1) is 13.6. The smallest absolute Gasteiger partial charge is 0.208 e. The largest absolute Gasteiger partial charge is 0.466 e. The lowest BCUT2D eigenvalue weighted by Gasteiger charge is -2.50. The highest BCUT2D eigenvalue weighted by Gasteiger charge is 2.53. The molecular formula is C24H30N3O+. The normalized spacial score (nSPS) is 28.7. The second-order valence-electron chi connectivity index (χ2n) is 8.88. The topological polar surface area (TPSA) is 29.3 Å². The van der Waals surface area contributed by atoms with Crippen molar-refractivity contribution < 1.29 is 9.64 Å². The van der Waals surface area contributed by atoms with Gasteiger partial charge in [0.25, 0.3) is 0 Å². The fourth-order valence-electron chi connectivity index (χ4n) is 5.02. The molecule has 1 atom stereocenters. The SMILES string of the molecule is Cc1ccc(C2=NN3[C@@H](C2)c2ccccc2OC32CC[NH+](C(C)C)CC2)cc1. The number of aryl methyl sites for hydroxylation is 1. The van der Waals surface area contributed by atoms with Crippen molar-refractivity contribution in [2.45, 2.75) is 57.8 Å². The molecule has 0 saturated carbocycles. The van der Waals surface area contributed by atoms with Gasteiger partial charge in [-0.15, -0.1) is 0 Å². The lowest BCUT2D eigenvalue weighted by Crippen LogP contribution is -3.16. The number of piperidine rings is 1. The fourth-order valence-corrected chi connectivity index (χ4v) is 5.02. The van der Waals surface area contributed by atoms with E-state index in [1.165, 1.54) is 22.4 Å². The Morgan fingerprint density at radius 1 is 1.07 bits per heavy atom. The molecular weight excluding hydrogens is 346 g/mol. The molecule has 2 aromatic rings. The number of hydrogen-bond donors (Lipinski definition) is 1. The minimum atomic E-state index is -0.302. The highest BCUT2D eigenvalue weighted by atomic mass is 16.5. The molecule has 28 heavy (non-hydrogen) atoms. The summed E-state index contributed by atoms with van der Waals surface area (Å²) in [7, 11) is 0. The summed E-state index contributed by atoms with van der Waals surface area (Å²) < 4.78 is 6.71. The van der Waals surface area contributed by atoms with Crippen LogP contribution in [0.4, 0.5) is 0 Å². The van der Waals surface area contributed by atoms with Gasteiger partial charge in [0.1, 0.15) is 5.75 Å². The van der Waals surface area contributed by atoms with Gasteiger partial charge in [-0.1, -0.05) is 48.0 Å². The first-order valence-electron chi connectivity index (χ1n) is 10.6. The Morgan fingerprint density at radius 3 is 2.50 bits per heavy atom. The zero-order valence-corrected chi connectivity index (χ0v) is 17.1. The summed E-state index contributed by atoms with van der Waals surface area (Å²) in [5, 5.41) is 7.49. The number of likely N-dealkylation sites (tertiary alicyclic amines) is 1. The molecule has 3 heterocycles. The second kappa shape index (κ2) is 6.63. The van der Waals surface area contributed by atoms with E-state index in [-0.39, 0.29) is 11.8 Å². The number of para-hydroxylation sites is 1. The molecule has 0 bridgehead atoms. The predicted molar refractivity (Wildman–Crippen MR) is 112 cm³/mol. The zero-order chi connectivity index (χ0) is 19.3. The monoisotopic (exact) mass is 376 g/mol. The van der Waals surface area contributed by atoms with Crippen molar-refractivity contribution in [3.8, 4) is 5.75 Å². The van der Waals surface area contributed by atoms with Crippen molar-refractivity contribution in [2.75, 3.05) is 13.1 Å². The maximum Gasteiger partial charge on any atom is 0.208 e. The molecule has 1 spiro atoms. The van der Waals surface area contributed by atoms with Gasteiger partial charge < -0.3 is 9.64 Å². The summed E-state index contributed by atoms with van der Waals surface area (Å²) in [4.78, 5) is 1.67. The molecule has 1 N–H and O–H groups in total. The Hall–Kier alpha value is -2.33. The molecule has 3 aliphatic rings. The van der Waals surface area contributed by atoms with Crippen molar-refractivity contribution in [3.63, 3.8) is 0 Å². The van der Waals surface area contributed by atoms with E-state index in [1.54, 1.807) is 4.90 Å². The van der Waals surface area contributed by atoms with E-state index >= 15 is 0 Å². The Kier molecular flexibility index (Phi) is 4.20. The van der Waals surface area contributed by atoms with Crippen molar-refractivity contribution in [1.29, 1.82) is 0 Å². The lowest BCUT2D eigenvalue weighted by atomic mass is 9.90. The van der Waals surface area contributed by atoms with Crippen LogP contribution < -0.4 is 9.64 Å². The van der Waals surface area contributed by atoms with Crippen LogP contribution in [0, 0.1) is 6.92 Å². The number of nitrogens with zero attached hydrogens (tertiary/aromatic N) is 2. The van der Waals surface area contributed by atoms with Crippen LogP contribution in [-0.2, 0) is 0 Å². The van der Waals surface area contributed by atoms with Crippen molar-refractivity contribution in [2.24, 2.45) is 5.10 Å². The van der Waals surface area contributed by atoms with Gasteiger partial charge in [0.2, 0.25) is 5.72 Å². The van der Waals surface area contributed by atoms with Gasteiger partial charge in [-0.05, 0) is 32.4 Å². The average Bonchev–Trinajstić information content (AvgIpc) is 3.16. The molecule has 4 heteroatoms. The number of benzene rings is 2. The minimum Gasteiger partial charge on any atom is -0.466 e. The molecule has 5 rings (SSSR count). The molecule has 0 aromatic heterocycles. The van der Waals surface area contributed by atoms with Gasteiger partial charge in [0, 0.05) is 12.0 Å². The van der Waals surface area contributed by atoms with E-state index < -0.39 is 0 Å². The molecule has 0 amide bonds. The Balaban J connectivity index is 1.53. The number of hydrogen-bond acceptors (Lipinski definition) is 3. The van der Waals surface area contributed by atoms with E-state index in [4.69, 9.17) is 9.84 Å². The molecule has 4 nitrogen and oxygen atoms in total. The van der Waals surface area contributed by atoms with E-state index in [1.807, 2.05) is 0 Å². The van der Waals surface area contributed by atoms with Crippen molar-refractivity contribution in [3.05, 3.63) is 65.2 Å². The summed E-state index contributed by atoms with van der Waals surface area (Å²) in [6, 6.07) is 18.3. The van der Waals surface area contributed by atoms with E-state index in [2.05, 4.69) is 74.3 Å². The second-order valence-corrected chi connectivity index (χ2v) is 8.88. The molecule has 1 saturated heterocycles. The predicted octanol–water partition coefficient (Wildman–Crippen LogP) is 3.32. The third-order valence-corrected chi connectivity index (χ3v) is 6.78. The Bertz CT molecular complexity index is 894. The molecule has 2 aromatic carbocycles. The van der Waals surface area contributed by atoms with Gasteiger partial charge in [0.05, 0.1) is 43.7 Å². The number of quaternary nitrogens is 1. The van der Waals surface area contributed by atoms with Gasteiger partial charge in [-0.25, -0.2) is 5.01 Å². The quantitative estimate of drug-likeness (QED) is 0.871. The molecule has 1 fully saturated rings. The summed E-state index contributed by atoms with van der Waals surface area (Å²) in [6.07, 6.45) is 3.00. The average molecular weight is 377 g/mol. The summed E-state index contributed by atoms with van der Waals surface area (Å²) in [5.74, 6) is 1.05. The van der Waals surface area contributed by atoms with Crippen LogP contribution in [0.15, 0.2) is 53.6 Å². The van der Waals surface area contributed by atoms with Gasteiger partial charge in [-0.3, -0.25) is 0 Å². The standard InChI is InChI=1S/C24H29N3O/c1-17(2)26-14-12-24(13-15-26)27-22(20-6-4-5-7-23(20)28-24)16-21(25-27)19-10-8-18(3)9-11-19/h4-11,17,22H,12-16H2,1-3H3/p+1/t22-/m0/s1. The summed E-state index contributed by atoms with van der Waals surface area (Å²) in [6.45, 7) is 9.04. The number of rotatable bonds is 2. The lowest BCUT2D eigenvalue weighted by molar-refractivity contribution is -0.929. The van der Waals surface area contributed by atoms with Crippen LogP contribution in [0.3, 0.4) is 0 Å². The third-order valence-electron chi connectivity index (χ3n) is 6.78. The van der Waals surface area contributed by atoms with E-state index in [9.17, 15) is 0 Å². The third kappa shape index (κ3) is 2.82. The Morgan fingerprint density at radius 2 is 1.79 bits per heavy atom. The van der Waals surface area contributed by atoms with Gasteiger partial charge in [-0.2, -0.15) is 5.10 Å². The molecule has 146 valence electrons. The van der Waals surface area contributed by atoms with Gasteiger partial charge in [0.15, 0.2) is 0 Å². The maximum absolute atomic E-state index is 6.71. The first-order valence-corrected chi connectivity index (χ1v) is 10.6. The van der Waals surface area contributed by atoms with Crippen LogP contribution >= 0.6 is 0 Å². The first kappa shape index (κ1) is 17.7. The van der Waals surface area contributed by atoms with Crippen LogP contribution in [-0.4, -0.2) is 35.6 Å². The molecule has 0 aliphatic carbocycles.